The van der Waals surface area contributed by atoms with Crippen LogP contribution in [0.15, 0.2) is 24.5 Å². The van der Waals surface area contributed by atoms with Crippen molar-refractivity contribution in [2.24, 2.45) is 5.73 Å². The molecule has 0 aliphatic carbocycles. The summed E-state index contributed by atoms with van der Waals surface area (Å²) in [5.41, 5.74) is 6.71. The topological polar surface area (TPSA) is 100 Å². The number of aromatic nitrogens is 4. The van der Waals surface area contributed by atoms with Crippen LogP contribution in [0.5, 0.6) is 0 Å². The van der Waals surface area contributed by atoms with E-state index in [9.17, 15) is 4.79 Å². The Morgan fingerprint density at radius 2 is 2.00 bits per heavy atom. The highest BCUT2D eigenvalue weighted by atomic mass is 16.1. The van der Waals surface area contributed by atoms with Crippen molar-refractivity contribution in [2.45, 2.75) is 6.54 Å². The lowest BCUT2D eigenvalue weighted by molar-refractivity contribution is 0.111. The molecule has 2 aromatic rings. The first kappa shape index (κ1) is 10.1. The van der Waals surface area contributed by atoms with Crippen molar-refractivity contribution in [3.05, 3.63) is 35.9 Å². The van der Waals surface area contributed by atoms with Crippen LogP contribution in [0, 0.1) is 0 Å². The molecule has 0 radical (unpaired) electrons. The van der Waals surface area contributed by atoms with Crippen LogP contribution in [0.25, 0.3) is 0 Å². The normalized spacial score (nSPS) is 8.93. The van der Waals surface area contributed by atoms with Gasteiger partial charge in [-0.2, -0.15) is 10.2 Å². The molecule has 0 bridgehead atoms. The first-order valence-electron chi connectivity index (χ1n) is 3.99. The maximum Gasteiger partial charge on any atom is 0.167 e. The van der Waals surface area contributed by atoms with Crippen LogP contribution in [-0.2, 0) is 6.54 Å². The van der Waals surface area contributed by atoms with E-state index in [1.807, 2.05) is 6.07 Å². The summed E-state index contributed by atoms with van der Waals surface area (Å²) in [6.07, 6.45) is 3.93. The maximum absolute atomic E-state index is 9.80. The van der Waals surface area contributed by atoms with E-state index in [4.69, 9.17) is 5.73 Å². The van der Waals surface area contributed by atoms with Gasteiger partial charge < -0.3 is 5.73 Å². The quantitative estimate of drug-likeness (QED) is 0.588. The number of hydrogen-bond acceptors (Lipinski definition) is 4. The molecule has 0 fully saturated rings. The first-order valence-corrected chi connectivity index (χ1v) is 3.99. The van der Waals surface area contributed by atoms with Crippen molar-refractivity contribution in [1.29, 1.82) is 0 Å². The fourth-order valence-electron chi connectivity index (χ4n) is 0.731. The molecule has 0 atom stereocenters. The Morgan fingerprint density at radius 3 is 2.29 bits per heavy atom. The van der Waals surface area contributed by atoms with Crippen LogP contribution >= 0.6 is 0 Å². The number of hydrogen-bond donors (Lipinski definition) is 3. The standard InChI is InChI=1S/C4H7N3.C4H4N2O/c5-3-4-1-2-6-7-4;7-3-4-1-2-5-6-4/h1-2H,3,5H2,(H,6,7);1-3H,(H,5,6). The van der Waals surface area contributed by atoms with Crippen molar-refractivity contribution >= 4 is 6.29 Å². The summed E-state index contributed by atoms with van der Waals surface area (Å²) in [5, 5.41) is 12.4. The second-order valence-electron chi connectivity index (χ2n) is 2.42. The number of carbonyl (C=O) groups excluding carboxylic acids is 1. The highest BCUT2D eigenvalue weighted by Gasteiger charge is 1.83. The fourth-order valence-corrected chi connectivity index (χ4v) is 0.731. The number of nitrogens with one attached hydrogen (secondary N) is 2. The Morgan fingerprint density at radius 1 is 1.29 bits per heavy atom. The van der Waals surface area contributed by atoms with Gasteiger partial charge >= 0.3 is 0 Å². The molecule has 0 amide bonds. The minimum Gasteiger partial charge on any atom is -0.325 e. The second kappa shape index (κ2) is 5.65. The summed E-state index contributed by atoms with van der Waals surface area (Å²) in [5.74, 6) is 0. The molecule has 2 aromatic heterocycles. The van der Waals surface area contributed by atoms with E-state index in [2.05, 4.69) is 20.4 Å². The van der Waals surface area contributed by atoms with Gasteiger partial charge in [-0.15, -0.1) is 0 Å². The molecule has 0 spiro atoms. The third-order valence-corrected chi connectivity index (χ3v) is 1.43. The van der Waals surface area contributed by atoms with Crippen LogP contribution < -0.4 is 5.73 Å². The van der Waals surface area contributed by atoms with Crippen molar-refractivity contribution in [2.75, 3.05) is 0 Å². The summed E-state index contributed by atoms with van der Waals surface area (Å²) in [6.45, 7) is 0.542. The monoisotopic (exact) mass is 193 g/mol. The molecular formula is C8H11N5O. The summed E-state index contributed by atoms with van der Waals surface area (Å²) in [6, 6.07) is 3.45. The third-order valence-electron chi connectivity index (χ3n) is 1.43. The van der Waals surface area contributed by atoms with Crippen LogP contribution in [-0.4, -0.2) is 26.7 Å². The molecule has 4 N–H and O–H groups in total. The number of nitrogens with zero attached hydrogens (tertiary/aromatic N) is 2. The lowest BCUT2D eigenvalue weighted by Gasteiger charge is -1.80. The van der Waals surface area contributed by atoms with Crippen LogP contribution in [0.2, 0.25) is 0 Å². The van der Waals surface area contributed by atoms with Gasteiger partial charge in [0.25, 0.3) is 0 Å². The van der Waals surface area contributed by atoms with E-state index in [1.165, 1.54) is 6.20 Å². The van der Waals surface area contributed by atoms with Gasteiger partial charge in [0.2, 0.25) is 0 Å². The van der Waals surface area contributed by atoms with E-state index in [0.717, 1.165) is 5.69 Å². The van der Waals surface area contributed by atoms with E-state index in [1.54, 1.807) is 12.3 Å². The lowest BCUT2D eigenvalue weighted by atomic mass is 10.5. The van der Waals surface area contributed by atoms with Gasteiger partial charge in [-0.3, -0.25) is 15.0 Å². The van der Waals surface area contributed by atoms with Gasteiger partial charge in [0.1, 0.15) is 0 Å². The number of carbonyl (C=O) groups is 1. The summed E-state index contributed by atoms with van der Waals surface area (Å²) in [4.78, 5) is 9.80. The molecule has 74 valence electrons. The Bertz CT molecular complexity index is 340. The molecule has 0 aromatic carbocycles. The number of aromatic amines is 2. The number of H-pyrrole nitrogens is 2. The highest BCUT2D eigenvalue weighted by Crippen LogP contribution is 1.85. The molecule has 0 saturated carbocycles. The zero-order valence-corrected chi connectivity index (χ0v) is 7.47. The zero-order chi connectivity index (χ0) is 10.2. The maximum atomic E-state index is 9.80. The molecule has 6 nitrogen and oxygen atoms in total. The van der Waals surface area contributed by atoms with E-state index < -0.39 is 0 Å². The van der Waals surface area contributed by atoms with Gasteiger partial charge in [0.05, 0.1) is 5.69 Å². The molecular weight excluding hydrogens is 182 g/mol. The second-order valence-corrected chi connectivity index (χ2v) is 2.42. The molecule has 0 unspecified atom stereocenters. The third kappa shape index (κ3) is 3.20. The zero-order valence-electron chi connectivity index (χ0n) is 7.47. The predicted octanol–water partition coefficient (Wildman–Crippen LogP) is 0.0906. The van der Waals surface area contributed by atoms with Gasteiger partial charge in [0, 0.05) is 24.6 Å². The Kier molecular flexibility index (Phi) is 4.09. The Balaban J connectivity index is 0.000000140. The van der Waals surface area contributed by atoms with Crippen LogP contribution in [0.1, 0.15) is 16.2 Å². The van der Waals surface area contributed by atoms with Crippen molar-refractivity contribution < 1.29 is 4.79 Å². The van der Waals surface area contributed by atoms with Gasteiger partial charge in [-0.1, -0.05) is 0 Å². The Labute approximate surface area is 80.5 Å². The van der Waals surface area contributed by atoms with Gasteiger partial charge in [-0.25, -0.2) is 0 Å². The molecule has 0 aliphatic heterocycles. The average Bonchev–Trinajstić information content (AvgIpc) is 2.92. The largest absolute Gasteiger partial charge is 0.325 e. The van der Waals surface area contributed by atoms with Crippen molar-refractivity contribution in [1.82, 2.24) is 20.4 Å². The molecule has 0 saturated heterocycles. The number of nitrogens with two attached hydrogens (primary N) is 1. The highest BCUT2D eigenvalue weighted by molar-refractivity contribution is 5.70. The Hall–Kier alpha value is -1.95. The fraction of sp³-hybridized carbons (Fsp3) is 0.125. The minimum atomic E-state index is 0.514. The van der Waals surface area contributed by atoms with Gasteiger partial charge in [0.15, 0.2) is 6.29 Å². The summed E-state index contributed by atoms with van der Waals surface area (Å²) >= 11 is 0. The van der Waals surface area contributed by atoms with E-state index >= 15 is 0 Å². The summed E-state index contributed by atoms with van der Waals surface area (Å²) in [7, 11) is 0. The van der Waals surface area contributed by atoms with Gasteiger partial charge in [-0.05, 0) is 12.1 Å². The first-order chi connectivity index (χ1) is 6.86. The smallest absolute Gasteiger partial charge is 0.167 e. The number of rotatable bonds is 2. The average molecular weight is 193 g/mol. The molecule has 2 rings (SSSR count). The van der Waals surface area contributed by atoms with E-state index in [-0.39, 0.29) is 0 Å². The predicted molar refractivity (Wildman–Crippen MR) is 50.5 cm³/mol. The lowest BCUT2D eigenvalue weighted by Crippen LogP contribution is -1.95. The van der Waals surface area contributed by atoms with E-state index in [0.29, 0.717) is 18.5 Å². The van der Waals surface area contributed by atoms with Crippen LogP contribution in [0.3, 0.4) is 0 Å². The molecule has 0 aliphatic rings. The van der Waals surface area contributed by atoms with Crippen molar-refractivity contribution in [3.8, 4) is 0 Å². The molecule has 2 heterocycles. The molecule has 6 heteroatoms. The number of aldehydes is 1. The van der Waals surface area contributed by atoms with Crippen molar-refractivity contribution in [3.63, 3.8) is 0 Å². The van der Waals surface area contributed by atoms with Crippen LogP contribution in [0.4, 0.5) is 0 Å². The molecule has 14 heavy (non-hydrogen) atoms. The minimum absolute atomic E-state index is 0.514. The summed E-state index contributed by atoms with van der Waals surface area (Å²) < 4.78 is 0. The SMILES string of the molecule is NCc1ccn[nH]1.O=Cc1ccn[nH]1.